The third kappa shape index (κ3) is 6.62. The van der Waals surface area contributed by atoms with Gasteiger partial charge in [-0.05, 0) is 115 Å². The van der Waals surface area contributed by atoms with Crippen molar-refractivity contribution in [2.24, 2.45) is 9.98 Å². The summed E-state index contributed by atoms with van der Waals surface area (Å²) in [7, 11) is 0. The standard InChI is InChI=1S/C35H24F2N2O2/c36-28-9-5-26(6-10-28)34-19-17-32(40-34)22-38-30-13-1-24(2-14-30)21-25-3-15-31(16-4-25)39-23-33-18-20-35(41-33)27-7-11-29(37)12-8-27/h1-20,22-23H,21H2. The van der Waals surface area contributed by atoms with Crippen molar-refractivity contribution >= 4 is 23.8 Å². The minimum atomic E-state index is -0.280. The summed E-state index contributed by atoms with van der Waals surface area (Å²) in [6, 6.07) is 35.8. The summed E-state index contributed by atoms with van der Waals surface area (Å²) in [5, 5.41) is 0. The van der Waals surface area contributed by atoms with E-state index in [1.165, 1.54) is 35.4 Å². The molecule has 4 aromatic carbocycles. The summed E-state index contributed by atoms with van der Waals surface area (Å²) in [6.07, 6.45) is 4.13. The van der Waals surface area contributed by atoms with E-state index >= 15 is 0 Å². The highest BCUT2D eigenvalue weighted by Gasteiger charge is 2.05. The molecular weight excluding hydrogens is 518 g/mol. The van der Waals surface area contributed by atoms with Gasteiger partial charge in [0.1, 0.15) is 34.7 Å². The van der Waals surface area contributed by atoms with Crippen LogP contribution in [0.3, 0.4) is 0 Å². The second kappa shape index (κ2) is 11.8. The fraction of sp³-hybridized carbons (Fsp3) is 0.0286. The Hall–Kier alpha value is -5.36. The van der Waals surface area contributed by atoms with Gasteiger partial charge in [-0.1, -0.05) is 24.3 Å². The molecule has 0 amide bonds. The van der Waals surface area contributed by atoms with Crippen LogP contribution in [0.15, 0.2) is 140 Å². The molecule has 0 atom stereocenters. The Morgan fingerprint density at radius 3 is 1.24 bits per heavy atom. The molecule has 0 saturated heterocycles. The van der Waals surface area contributed by atoms with Crippen LogP contribution in [0.5, 0.6) is 0 Å². The summed E-state index contributed by atoms with van der Waals surface area (Å²) in [6.45, 7) is 0. The van der Waals surface area contributed by atoms with Gasteiger partial charge in [0.25, 0.3) is 0 Å². The van der Waals surface area contributed by atoms with Gasteiger partial charge in [-0.2, -0.15) is 0 Å². The lowest BCUT2D eigenvalue weighted by molar-refractivity contribution is 0.574. The lowest BCUT2D eigenvalue weighted by Crippen LogP contribution is -1.87. The lowest BCUT2D eigenvalue weighted by Gasteiger charge is -2.03. The average Bonchev–Trinajstić information content (AvgIpc) is 3.68. The molecule has 0 spiro atoms. The van der Waals surface area contributed by atoms with Crippen LogP contribution in [0.1, 0.15) is 22.6 Å². The minimum Gasteiger partial charge on any atom is -0.455 e. The predicted molar refractivity (Wildman–Crippen MR) is 158 cm³/mol. The van der Waals surface area contributed by atoms with E-state index in [2.05, 4.69) is 34.3 Å². The molecule has 6 aromatic rings. The summed E-state index contributed by atoms with van der Waals surface area (Å²) in [5.74, 6) is 2.01. The Balaban J connectivity index is 1.03. The van der Waals surface area contributed by atoms with Gasteiger partial charge in [-0.3, -0.25) is 9.98 Å². The van der Waals surface area contributed by atoms with Crippen LogP contribution in [0.2, 0.25) is 0 Å². The Morgan fingerprint density at radius 2 is 0.854 bits per heavy atom. The van der Waals surface area contributed by atoms with E-state index in [1.54, 1.807) is 36.7 Å². The quantitative estimate of drug-likeness (QED) is 0.180. The second-order valence-corrected chi connectivity index (χ2v) is 9.44. The van der Waals surface area contributed by atoms with Crippen LogP contribution in [-0.4, -0.2) is 12.4 Å². The maximum absolute atomic E-state index is 13.1. The van der Waals surface area contributed by atoms with Gasteiger partial charge in [0.2, 0.25) is 0 Å². The number of halogens is 2. The van der Waals surface area contributed by atoms with Crippen LogP contribution in [0, 0.1) is 11.6 Å². The summed E-state index contributed by atoms with van der Waals surface area (Å²) in [4.78, 5) is 9.02. The van der Waals surface area contributed by atoms with Crippen molar-refractivity contribution in [3.63, 3.8) is 0 Å². The van der Waals surface area contributed by atoms with Gasteiger partial charge in [0.05, 0.1) is 23.8 Å². The predicted octanol–water partition coefficient (Wildman–Crippen LogP) is 9.58. The minimum absolute atomic E-state index is 0.280. The first-order valence-electron chi connectivity index (χ1n) is 13.0. The zero-order valence-electron chi connectivity index (χ0n) is 21.9. The normalized spacial score (nSPS) is 11.6. The van der Waals surface area contributed by atoms with Crippen molar-refractivity contribution in [2.45, 2.75) is 6.42 Å². The highest BCUT2D eigenvalue weighted by atomic mass is 19.1. The SMILES string of the molecule is Fc1ccc(-c2ccc(C=Nc3ccc(Cc4ccc(N=Cc5ccc(-c6ccc(F)cc6)o5)cc4)cc3)o2)cc1. The highest BCUT2D eigenvalue weighted by molar-refractivity contribution is 5.80. The first kappa shape index (κ1) is 25.9. The zero-order valence-corrected chi connectivity index (χ0v) is 21.9. The fourth-order valence-corrected chi connectivity index (χ4v) is 4.29. The number of rotatable bonds is 8. The first-order valence-corrected chi connectivity index (χ1v) is 13.0. The molecule has 0 fully saturated rings. The highest BCUT2D eigenvalue weighted by Crippen LogP contribution is 2.24. The maximum Gasteiger partial charge on any atom is 0.145 e. The van der Waals surface area contributed by atoms with Crippen LogP contribution in [-0.2, 0) is 6.42 Å². The van der Waals surface area contributed by atoms with E-state index in [4.69, 9.17) is 8.83 Å². The largest absolute Gasteiger partial charge is 0.455 e. The smallest absolute Gasteiger partial charge is 0.145 e. The Bertz CT molecular complexity index is 1660. The van der Waals surface area contributed by atoms with Gasteiger partial charge in [0.15, 0.2) is 0 Å². The molecule has 6 rings (SSSR count). The summed E-state index contributed by atoms with van der Waals surface area (Å²) in [5.41, 5.74) is 5.59. The topological polar surface area (TPSA) is 51.0 Å². The van der Waals surface area contributed by atoms with Crippen LogP contribution in [0.25, 0.3) is 22.6 Å². The summed E-state index contributed by atoms with van der Waals surface area (Å²) < 4.78 is 37.9. The molecule has 41 heavy (non-hydrogen) atoms. The van der Waals surface area contributed by atoms with Crippen LogP contribution in [0.4, 0.5) is 20.2 Å². The van der Waals surface area contributed by atoms with E-state index in [0.717, 1.165) is 28.9 Å². The number of hydrogen-bond donors (Lipinski definition) is 0. The molecule has 2 heterocycles. The number of aliphatic imine (C=N–C) groups is 2. The Kier molecular flexibility index (Phi) is 7.45. The number of hydrogen-bond acceptors (Lipinski definition) is 4. The van der Waals surface area contributed by atoms with E-state index in [0.29, 0.717) is 23.0 Å². The van der Waals surface area contributed by atoms with Crippen molar-refractivity contribution < 1.29 is 17.6 Å². The summed E-state index contributed by atoms with van der Waals surface area (Å²) >= 11 is 0. The monoisotopic (exact) mass is 542 g/mol. The number of benzene rings is 4. The molecular formula is C35H24F2N2O2. The van der Waals surface area contributed by atoms with Crippen molar-refractivity contribution in [1.29, 1.82) is 0 Å². The first-order chi connectivity index (χ1) is 20.1. The molecule has 2 aromatic heterocycles. The van der Waals surface area contributed by atoms with E-state index in [1.807, 2.05) is 48.5 Å². The second-order valence-electron chi connectivity index (χ2n) is 9.44. The Morgan fingerprint density at radius 1 is 0.463 bits per heavy atom. The van der Waals surface area contributed by atoms with Crippen molar-refractivity contribution in [1.82, 2.24) is 0 Å². The molecule has 0 unspecified atom stereocenters. The van der Waals surface area contributed by atoms with Crippen molar-refractivity contribution in [3.05, 3.63) is 156 Å². The molecule has 6 heteroatoms. The molecule has 0 saturated carbocycles. The van der Waals surface area contributed by atoms with E-state index in [-0.39, 0.29) is 11.6 Å². The fourth-order valence-electron chi connectivity index (χ4n) is 4.29. The van der Waals surface area contributed by atoms with Crippen molar-refractivity contribution in [2.75, 3.05) is 0 Å². The Labute approximate surface area is 236 Å². The third-order valence-electron chi connectivity index (χ3n) is 6.47. The molecule has 0 aliphatic rings. The molecule has 0 bridgehead atoms. The average molecular weight is 543 g/mol. The van der Waals surface area contributed by atoms with Crippen LogP contribution >= 0.6 is 0 Å². The molecule has 0 aliphatic heterocycles. The van der Waals surface area contributed by atoms with Crippen LogP contribution < -0.4 is 0 Å². The van der Waals surface area contributed by atoms with Crippen molar-refractivity contribution in [3.8, 4) is 22.6 Å². The van der Waals surface area contributed by atoms with Gasteiger partial charge in [0, 0.05) is 11.1 Å². The van der Waals surface area contributed by atoms with E-state index < -0.39 is 0 Å². The number of furan rings is 2. The maximum atomic E-state index is 13.1. The van der Waals surface area contributed by atoms with Gasteiger partial charge in [-0.25, -0.2) is 8.78 Å². The van der Waals surface area contributed by atoms with E-state index in [9.17, 15) is 8.78 Å². The number of nitrogens with zero attached hydrogens (tertiary/aromatic N) is 2. The van der Waals surface area contributed by atoms with Gasteiger partial charge < -0.3 is 8.83 Å². The third-order valence-corrected chi connectivity index (χ3v) is 6.47. The molecule has 0 radical (unpaired) electrons. The van der Waals surface area contributed by atoms with Gasteiger partial charge >= 0.3 is 0 Å². The lowest BCUT2D eigenvalue weighted by atomic mass is 10.0. The molecule has 200 valence electrons. The molecule has 4 nitrogen and oxygen atoms in total. The molecule has 0 aliphatic carbocycles. The molecule has 0 N–H and O–H groups in total. The van der Waals surface area contributed by atoms with Gasteiger partial charge in [-0.15, -0.1) is 0 Å². The zero-order chi connectivity index (χ0) is 28.0.